The van der Waals surface area contributed by atoms with E-state index in [4.69, 9.17) is 32.7 Å². The van der Waals surface area contributed by atoms with Gasteiger partial charge in [-0.2, -0.15) is 0 Å². The number of nitro benzene ring substituents is 1. The first-order valence-corrected chi connectivity index (χ1v) is 9.51. The number of methoxy groups -OCH3 is 1. The molecule has 1 aliphatic rings. The summed E-state index contributed by atoms with van der Waals surface area (Å²) < 4.78 is 9.81. The van der Waals surface area contributed by atoms with E-state index < -0.39 is 41.8 Å². The molecule has 0 fully saturated rings. The lowest BCUT2D eigenvalue weighted by Crippen LogP contribution is -2.36. The van der Waals surface area contributed by atoms with Crippen LogP contribution in [-0.2, 0) is 14.3 Å². The number of non-ortho nitro benzene ring substituents is 1. The molecule has 11 nitrogen and oxygen atoms in total. The third-order valence-corrected chi connectivity index (χ3v) is 5.06. The number of amides is 3. The molecule has 1 N–H and O–H groups in total. The molecule has 0 bridgehead atoms. The Morgan fingerprint density at radius 3 is 2.22 bits per heavy atom. The van der Waals surface area contributed by atoms with E-state index in [1.54, 1.807) is 0 Å². The lowest BCUT2D eigenvalue weighted by Gasteiger charge is -2.13. The van der Waals surface area contributed by atoms with Gasteiger partial charge in [0.25, 0.3) is 23.4 Å². The van der Waals surface area contributed by atoms with Gasteiger partial charge in [0.1, 0.15) is 12.3 Å². The number of fused-ring (bicyclic) bond motifs is 1. The summed E-state index contributed by atoms with van der Waals surface area (Å²) in [6.45, 7) is -1.46. The fourth-order valence-electron chi connectivity index (χ4n) is 2.83. The number of nitrogens with zero attached hydrogens (tertiary/aromatic N) is 2. The number of esters is 1. The van der Waals surface area contributed by atoms with Crippen LogP contribution in [-0.4, -0.2) is 53.8 Å². The van der Waals surface area contributed by atoms with Crippen LogP contribution in [0.4, 0.5) is 11.4 Å². The van der Waals surface area contributed by atoms with Crippen LogP contribution in [0.2, 0.25) is 10.0 Å². The summed E-state index contributed by atoms with van der Waals surface area (Å²) in [5, 5.41) is 13.4. The highest BCUT2D eigenvalue weighted by molar-refractivity contribution is 6.43. The molecule has 3 amide bonds. The lowest BCUT2D eigenvalue weighted by atomic mass is 10.1. The predicted molar refractivity (Wildman–Crippen MR) is 111 cm³/mol. The van der Waals surface area contributed by atoms with Crippen molar-refractivity contribution in [3.05, 3.63) is 61.6 Å². The first kappa shape index (κ1) is 23.0. The van der Waals surface area contributed by atoms with Gasteiger partial charge in [0.15, 0.2) is 6.61 Å². The summed E-state index contributed by atoms with van der Waals surface area (Å²) in [6.07, 6.45) is 0. The zero-order valence-corrected chi connectivity index (χ0v) is 17.7. The van der Waals surface area contributed by atoms with E-state index in [1.807, 2.05) is 0 Å². The molecular weight excluding hydrogens is 469 g/mol. The number of carbonyl (C=O) groups excluding carboxylic acids is 4. The predicted octanol–water partition coefficient (Wildman–Crippen LogP) is 2.69. The highest BCUT2D eigenvalue weighted by atomic mass is 35.5. The third kappa shape index (κ3) is 4.63. The second kappa shape index (κ2) is 9.20. The first-order chi connectivity index (χ1) is 15.1. The molecule has 0 aliphatic carbocycles. The Morgan fingerprint density at radius 2 is 1.69 bits per heavy atom. The van der Waals surface area contributed by atoms with Gasteiger partial charge in [-0.15, -0.1) is 0 Å². The van der Waals surface area contributed by atoms with Crippen molar-refractivity contribution >= 4 is 58.3 Å². The van der Waals surface area contributed by atoms with Gasteiger partial charge in [0.2, 0.25) is 0 Å². The van der Waals surface area contributed by atoms with Gasteiger partial charge in [-0.3, -0.25) is 34.2 Å². The normalized spacial score (nSPS) is 12.4. The second-order valence-electron chi connectivity index (χ2n) is 6.36. The number of nitrogens with one attached hydrogen (secondary N) is 1. The summed E-state index contributed by atoms with van der Waals surface area (Å²) in [6, 6.07) is 5.99. The van der Waals surface area contributed by atoms with Crippen LogP contribution in [0.15, 0.2) is 30.3 Å². The molecule has 0 saturated heterocycles. The number of ether oxygens (including phenoxy) is 2. The summed E-state index contributed by atoms with van der Waals surface area (Å²) in [5.74, 6) is -3.25. The van der Waals surface area contributed by atoms with Crippen molar-refractivity contribution in [2.75, 3.05) is 25.6 Å². The Balaban J connectivity index is 1.59. The number of carbonyl (C=O) groups is 4. The zero-order valence-electron chi connectivity index (χ0n) is 16.2. The van der Waals surface area contributed by atoms with Gasteiger partial charge >= 0.3 is 5.97 Å². The van der Waals surface area contributed by atoms with Crippen LogP contribution in [0.25, 0.3) is 0 Å². The molecule has 0 saturated carbocycles. The molecule has 2 aromatic rings. The van der Waals surface area contributed by atoms with Gasteiger partial charge in [-0.05, 0) is 18.2 Å². The van der Waals surface area contributed by atoms with Gasteiger partial charge in [0.05, 0.1) is 45.0 Å². The van der Waals surface area contributed by atoms with Crippen LogP contribution >= 0.6 is 23.2 Å². The standard InChI is InChI=1S/C19H13Cl2N3O8/c1-31-15-4-9(24(29)30)2-3-14(15)22-16(25)8-32-17(26)7-23-18(27)10-5-12(20)13(21)6-11(10)19(23)28/h2-6H,7-8H2,1H3,(H,22,25). The average molecular weight is 482 g/mol. The van der Waals surface area contributed by atoms with E-state index in [0.29, 0.717) is 4.90 Å². The molecule has 2 aromatic carbocycles. The Kier molecular flexibility index (Phi) is 6.61. The summed E-state index contributed by atoms with van der Waals surface area (Å²) in [4.78, 5) is 59.8. The molecule has 13 heteroatoms. The smallest absolute Gasteiger partial charge is 0.326 e. The number of nitro groups is 1. The van der Waals surface area contributed by atoms with E-state index in [0.717, 1.165) is 12.1 Å². The van der Waals surface area contributed by atoms with Crippen LogP contribution in [0.1, 0.15) is 20.7 Å². The van der Waals surface area contributed by atoms with Gasteiger partial charge in [0, 0.05) is 6.07 Å². The second-order valence-corrected chi connectivity index (χ2v) is 7.17. The molecule has 0 radical (unpaired) electrons. The molecule has 0 spiro atoms. The van der Waals surface area contributed by atoms with Crippen LogP contribution in [0.3, 0.4) is 0 Å². The molecular formula is C19H13Cl2N3O8. The third-order valence-electron chi connectivity index (χ3n) is 4.33. The minimum Gasteiger partial charge on any atom is -0.494 e. The van der Waals surface area contributed by atoms with E-state index in [2.05, 4.69) is 5.32 Å². The first-order valence-electron chi connectivity index (χ1n) is 8.75. The topological polar surface area (TPSA) is 145 Å². The van der Waals surface area contributed by atoms with Crippen molar-refractivity contribution in [3.8, 4) is 5.75 Å². The van der Waals surface area contributed by atoms with E-state index >= 15 is 0 Å². The van der Waals surface area contributed by atoms with Crippen LogP contribution < -0.4 is 10.1 Å². The van der Waals surface area contributed by atoms with E-state index in [1.165, 1.54) is 25.3 Å². The molecule has 0 unspecified atom stereocenters. The molecule has 32 heavy (non-hydrogen) atoms. The fraction of sp³-hybridized carbons (Fsp3) is 0.158. The van der Waals surface area contributed by atoms with Crippen LogP contribution in [0, 0.1) is 10.1 Å². The number of hydrogen-bond acceptors (Lipinski definition) is 8. The Hall–Kier alpha value is -3.70. The average Bonchev–Trinajstić information content (AvgIpc) is 2.97. The van der Waals surface area contributed by atoms with Crippen molar-refractivity contribution in [1.29, 1.82) is 0 Å². The van der Waals surface area contributed by atoms with Crippen molar-refractivity contribution < 1.29 is 33.6 Å². The lowest BCUT2D eigenvalue weighted by molar-refractivity contribution is -0.384. The number of rotatable bonds is 7. The van der Waals surface area contributed by atoms with Crippen molar-refractivity contribution in [1.82, 2.24) is 4.90 Å². The highest BCUT2D eigenvalue weighted by Gasteiger charge is 2.37. The number of hydrogen-bond donors (Lipinski definition) is 1. The van der Waals surface area contributed by atoms with E-state index in [9.17, 15) is 29.3 Å². The van der Waals surface area contributed by atoms with Crippen molar-refractivity contribution in [2.24, 2.45) is 0 Å². The molecule has 1 heterocycles. The minimum absolute atomic E-state index is 0.000194. The van der Waals surface area contributed by atoms with Crippen LogP contribution in [0.5, 0.6) is 5.75 Å². The maximum atomic E-state index is 12.4. The molecule has 1 aliphatic heterocycles. The molecule has 0 atom stereocenters. The number of halogens is 2. The highest BCUT2D eigenvalue weighted by Crippen LogP contribution is 2.31. The number of anilines is 1. The molecule has 3 rings (SSSR count). The summed E-state index contributed by atoms with van der Waals surface area (Å²) >= 11 is 11.7. The van der Waals surface area contributed by atoms with Gasteiger partial charge < -0.3 is 14.8 Å². The number of imide groups is 1. The summed E-state index contributed by atoms with van der Waals surface area (Å²) in [7, 11) is 1.26. The Morgan fingerprint density at radius 1 is 1.09 bits per heavy atom. The Bertz CT molecular complexity index is 1130. The quantitative estimate of drug-likeness (QED) is 0.275. The Labute approximate surface area is 189 Å². The molecule has 0 aromatic heterocycles. The van der Waals surface area contributed by atoms with Crippen molar-refractivity contribution in [2.45, 2.75) is 0 Å². The van der Waals surface area contributed by atoms with E-state index in [-0.39, 0.29) is 38.3 Å². The zero-order chi connectivity index (χ0) is 23.6. The van der Waals surface area contributed by atoms with Gasteiger partial charge in [-0.25, -0.2) is 0 Å². The fourth-order valence-corrected chi connectivity index (χ4v) is 3.16. The largest absolute Gasteiger partial charge is 0.494 e. The van der Waals surface area contributed by atoms with Crippen molar-refractivity contribution in [3.63, 3.8) is 0 Å². The maximum Gasteiger partial charge on any atom is 0.326 e. The monoisotopic (exact) mass is 481 g/mol. The number of benzene rings is 2. The summed E-state index contributed by atoms with van der Waals surface area (Å²) in [5.41, 5.74) is -0.122. The SMILES string of the molecule is COc1cc([N+](=O)[O-])ccc1NC(=O)COC(=O)CN1C(=O)c2cc(Cl)c(Cl)cc2C1=O. The maximum absolute atomic E-state index is 12.4. The van der Waals surface area contributed by atoms with Gasteiger partial charge in [-0.1, -0.05) is 23.2 Å². The minimum atomic E-state index is -1.01. The molecule has 166 valence electrons.